The highest BCUT2D eigenvalue weighted by Gasteiger charge is 2.23. The number of nitrogens with one attached hydrogen (secondary N) is 1. The topological polar surface area (TPSA) is 41.0 Å². The molecule has 1 N–H and O–H groups in total. The average Bonchev–Trinajstić information content (AvgIpc) is 3.28. The van der Waals surface area contributed by atoms with Gasteiger partial charge in [0.15, 0.2) is 0 Å². The lowest BCUT2D eigenvalue weighted by atomic mass is 10.0. The predicted octanol–water partition coefficient (Wildman–Crippen LogP) is 4.11. The van der Waals surface area contributed by atoms with Gasteiger partial charge in [-0.2, -0.15) is 0 Å². The standard InChI is InChI=1S/C21H25N3O/c25-21(10-2-1-5-12-23-13-6-7-14-23)24-15-11-18-17-8-3-4-9-19(17)22-20(18)16-24/h3-4,6-9,13-14,22H,1-2,5,10-12,15-16H2. The molecule has 1 aliphatic heterocycles. The molecule has 0 aliphatic carbocycles. The minimum Gasteiger partial charge on any atom is -0.357 e. The van der Waals surface area contributed by atoms with E-state index in [1.807, 2.05) is 4.90 Å². The van der Waals surface area contributed by atoms with Crippen LogP contribution in [0.4, 0.5) is 0 Å². The van der Waals surface area contributed by atoms with Gasteiger partial charge in [0.2, 0.25) is 5.91 Å². The van der Waals surface area contributed by atoms with Crippen molar-refractivity contribution in [2.45, 2.75) is 45.2 Å². The number of nitrogens with zero attached hydrogens (tertiary/aromatic N) is 2. The van der Waals surface area contributed by atoms with Crippen LogP contribution in [0.1, 0.15) is 36.9 Å². The summed E-state index contributed by atoms with van der Waals surface area (Å²) in [5.41, 5.74) is 3.80. The molecule has 1 amide bonds. The van der Waals surface area contributed by atoms with Gasteiger partial charge in [-0.05, 0) is 43.0 Å². The number of carbonyl (C=O) groups is 1. The molecule has 3 heterocycles. The third kappa shape index (κ3) is 3.48. The minimum absolute atomic E-state index is 0.297. The van der Waals surface area contributed by atoms with E-state index in [0.29, 0.717) is 12.3 Å². The molecule has 0 bridgehead atoms. The number of hydrogen-bond acceptors (Lipinski definition) is 1. The van der Waals surface area contributed by atoms with Crippen molar-refractivity contribution in [1.82, 2.24) is 14.5 Å². The molecule has 4 rings (SSSR count). The molecule has 130 valence electrons. The van der Waals surface area contributed by atoms with E-state index >= 15 is 0 Å². The van der Waals surface area contributed by atoms with E-state index < -0.39 is 0 Å². The molecule has 4 nitrogen and oxygen atoms in total. The van der Waals surface area contributed by atoms with Crippen molar-refractivity contribution in [3.05, 3.63) is 60.0 Å². The Morgan fingerprint density at radius 3 is 2.76 bits per heavy atom. The van der Waals surface area contributed by atoms with Crippen molar-refractivity contribution in [3.8, 4) is 0 Å². The normalized spacial score (nSPS) is 14.0. The minimum atomic E-state index is 0.297. The highest BCUT2D eigenvalue weighted by molar-refractivity contribution is 5.85. The number of aromatic nitrogens is 2. The molecule has 0 atom stereocenters. The van der Waals surface area contributed by atoms with Crippen LogP contribution in [0.2, 0.25) is 0 Å². The van der Waals surface area contributed by atoms with Gasteiger partial charge in [0.25, 0.3) is 0 Å². The maximum Gasteiger partial charge on any atom is 0.222 e. The molecule has 2 aromatic heterocycles. The van der Waals surface area contributed by atoms with E-state index in [2.05, 4.69) is 58.3 Å². The number of benzene rings is 1. The third-order valence-corrected chi connectivity index (χ3v) is 5.21. The number of H-pyrrole nitrogens is 1. The van der Waals surface area contributed by atoms with Crippen LogP contribution < -0.4 is 0 Å². The number of amides is 1. The van der Waals surface area contributed by atoms with Gasteiger partial charge in [0.05, 0.1) is 6.54 Å². The number of rotatable bonds is 6. The lowest BCUT2D eigenvalue weighted by Crippen LogP contribution is -2.35. The number of fused-ring (bicyclic) bond motifs is 3. The first-order valence-electron chi connectivity index (χ1n) is 9.28. The molecular formula is C21H25N3O. The second kappa shape index (κ2) is 7.18. The number of hydrogen-bond donors (Lipinski definition) is 1. The summed E-state index contributed by atoms with van der Waals surface area (Å²) < 4.78 is 2.20. The van der Waals surface area contributed by atoms with E-state index in [0.717, 1.165) is 45.3 Å². The lowest BCUT2D eigenvalue weighted by Gasteiger charge is -2.27. The molecule has 0 fully saturated rings. The fraction of sp³-hybridized carbons (Fsp3) is 0.381. The summed E-state index contributed by atoms with van der Waals surface area (Å²) in [5, 5.41) is 1.31. The van der Waals surface area contributed by atoms with Gasteiger partial charge in [0.1, 0.15) is 0 Å². The summed E-state index contributed by atoms with van der Waals surface area (Å²) in [5.74, 6) is 0.297. The second-order valence-electron chi connectivity index (χ2n) is 6.92. The van der Waals surface area contributed by atoms with Crippen LogP contribution in [0.15, 0.2) is 48.8 Å². The van der Waals surface area contributed by atoms with Crippen LogP contribution in [0, 0.1) is 0 Å². The van der Waals surface area contributed by atoms with Gasteiger partial charge in [0, 0.05) is 48.5 Å². The Hall–Kier alpha value is -2.49. The maximum absolute atomic E-state index is 12.5. The van der Waals surface area contributed by atoms with Crippen molar-refractivity contribution in [2.24, 2.45) is 0 Å². The first-order chi connectivity index (χ1) is 12.3. The van der Waals surface area contributed by atoms with Crippen LogP contribution >= 0.6 is 0 Å². The number of aryl methyl sites for hydroxylation is 1. The lowest BCUT2D eigenvalue weighted by molar-refractivity contribution is -0.132. The van der Waals surface area contributed by atoms with Crippen LogP contribution in [0.25, 0.3) is 10.9 Å². The fourth-order valence-electron chi connectivity index (χ4n) is 3.83. The maximum atomic E-state index is 12.5. The Morgan fingerprint density at radius 1 is 1.04 bits per heavy atom. The monoisotopic (exact) mass is 335 g/mol. The van der Waals surface area contributed by atoms with E-state index in [1.165, 1.54) is 22.2 Å². The molecule has 0 unspecified atom stereocenters. The average molecular weight is 335 g/mol. The Labute approximate surface area is 148 Å². The van der Waals surface area contributed by atoms with Crippen molar-refractivity contribution in [1.29, 1.82) is 0 Å². The SMILES string of the molecule is O=C(CCCCCn1cccc1)N1CCc2c([nH]c3ccccc23)C1. The molecule has 0 saturated heterocycles. The van der Waals surface area contributed by atoms with E-state index in [4.69, 9.17) is 0 Å². The number of carbonyl (C=O) groups excluding carboxylic acids is 1. The molecule has 0 spiro atoms. The van der Waals surface area contributed by atoms with Gasteiger partial charge < -0.3 is 14.5 Å². The van der Waals surface area contributed by atoms with Crippen molar-refractivity contribution in [2.75, 3.05) is 6.54 Å². The first-order valence-corrected chi connectivity index (χ1v) is 9.28. The van der Waals surface area contributed by atoms with Gasteiger partial charge >= 0.3 is 0 Å². The highest BCUT2D eigenvalue weighted by Crippen LogP contribution is 2.27. The number of aromatic amines is 1. The van der Waals surface area contributed by atoms with Crippen LogP contribution in [-0.2, 0) is 24.3 Å². The number of para-hydroxylation sites is 1. The molecule has 25 heavy (non-hydrogen) atoms. The summed E-state index contributed by atoms with van der Waals surface area (Å²) in [4.78, 5) is 18.0. The zero-order valence-electron chi connectivity index (χ0n) is 14.6. The van der Waals surface area contributed by atoms with Crippen LogP contribution in [-0.4, -0.2) is 26.9 Å². The van der Waals surface area contributed by atoms with Gasteiger partial charge in [-0.15, -0.1) is 0 Å². The van der Waals surface area contributed by atoms with Crippen molar-refractivity contribution >= 4 is 16.8 Å². The van der Waals surface area contributed by atoms with Crippen LogP contribution in [0.3, 0.4) is 0 Å². The van der Waals surface area contributed by atoms with Crippen molar-refractivity contribution < 1.29 is 4.79 Å². The summed E-state index contributed by atoms with van der Waals surface area (Å²) >= 11 is 0. The summed E-state index contributed by atoms with van der Waals surface area (Å²) in [7, 11) is 0. The zero-order valence-corrected chi connectivity index (χ0v) is 14.6. The number of unbranched alkanes of at least 4 members (excludes halogenated alkanes) is 2. The Kier molecular flexibility index (Phi) is 4.59. The summed E-state index contributed by atoms with van der Waals surface area (Å²) in [6, 6.07) is 12.5. The predicted molar refractivity (Wildman–Crippen MR) is 100 cm³/mol. The highest BCUT2D eigenvalue weighted by atomic mass is 16.2. The van der Waals surface area contributed by atoms with E-state index in [-0.39, 0.29) is 0 Å². The Bertz CT molecular complexity index is 847. The molecular weight excluding hydrogens is 310 g/mol. The third-order valence-electron chi connectivity index (χ3n) is 5.21. The molecule has 0 radical (unpaired) electrons. The van der Waals surface area contributed by atoms with Gasteiger partial charge in [-0.1, -0.05) is 24.6 Å². The molecule has 1 aromatic carbocycles. The van der Waals surface area contributed by atoms with E-state index in [9.17, 15) is 4.79 Å². The Balaban J connectivity index is 1.27. The van der Waals surface area contributed by atoms with Crippen molar-refractivity contribution in [3.63, 3.8) is 0 Å². The van der Waals surface area contributed by atoms with Gasteiger partial charge in [-0.25, -0.2) is 0 Å². The Morgan fingerprint density at radius 2 is 1.88 bits per heavy atom. The molecule has 1 aliphatic rings. The van der Waals surface area contributed by atoms with Crippen LogP contribution in [0.5, 0.6) is 0 Å². The molecule has 4 heteroatoms. The molecule has 3 aromatic rings. The summed E-state index contributed by atoms with van der Waals surface area (Å²) in [6.07, 6.45) is 9.03. The first kappa shape index (κ1) is 16.0. The smallest absolute Gasteiger partial charge is 0.222 e. The van der Waals surface area contributed by atoms with E-state index in [1.54, 1.807) is 0 Å². The summed E-state index contributed by atoms with van der Waals surface area (Å²) in [6.45, 7) is 2.62. The van der Waals surface area contributed by atoms with Gasteiger partial charge in [-0.3, -0.25) is 4.79 Å². The second-order valence-corrected chi connectivity index (χ2v) is 6.92. The fourth-order valence-corrected chi connectivity index (χ4v) is 3.83. The largest absolute Gasteiger partial charge is 0.357 e. The quantitative estimate of drug-likeness (QED) is 0.677. The zero-order chi connectivity index (χ0) is 17.1. The molecule has 0 saturated carbocycles.